The van der Waals surface area contributed by atoms with Crippen molar-refractivity contribution in [2.24, 2.45) is 17.3 Å². The fourth-order valence-electron chi connectivity index (χ4n) is 3.37. The topological polar surface area (TPSA) is 29.5 Å². The number of carbonyl (C=O) groups is 1. The van der Waals surface area contributed by atoms with Crippen LogP contribution in [0.4, 0.5) is 0 Å². The zero-order valence-electron chi connectivity index (χ0n) is 13.1. The summed E-state index contributed by atoms with van der Waals surface area (Å²) >= 11 is 0. The van der Waals surface area contributed by atoms with E-state index in [1.165, 1.54) is 5.57 Å². The lowest BCUT2D eigenvalue weighted by Gasteiger charge is -2.35. The Bertz CT molecular complexity index is 386. The summed E-state index contributed by atoms with van der Waals surface area (Å²) in [5, 5.41) is 0. The van der Waals surface area contributed by atoms with Crippen LogP contribution < -0.4 is 0 Å². The molecule has 3 nitrogen and oxygen atoms in total. The van der Waals surface area contributed by atoms with E-state index >= 15 is 0 Å². The minimum atomic E-state index is 0.110. The predicted octanol–water partition coefficient (Wildman–Crippen LogP) is 2.86. The Labute approximate surface area is 117 Å². The summed E-state index contributed by atoms with van der Waals surface area (Å²) in [6, 6.07) is 0. The summed E-state index contributed by atoms with van der Waals surface area (Å²) in [6.07, 6.45) is 2.56. The van der Waals surface area contributed by atoms with Gasteiger partial charge in [-0.05, 0) is 39.0 Å². The quantitative estimate of drug-likeness (QED) is 0.719. The number of allylic oxidation sites excluding steroid dienone is 2. The number of hydrogen-bond acceptors (Lipinski definition) is 2. The Morgan fingerprint density at radius 3 is 2.21 bits per heavy atom. The summed E-state index contributed by atoms with van der Waals surface area (Å²) in [5.74, 6) is 0.868. The highest BCUT2D eigenvalue weighted by atomic mass is 16.5. The highest BCUT2D eigenvalue weighted by molar-refractivity contribution is 5.84. The summed E-state index contributed by atoms with van der Waals surface area (Å²) in [4.78, 5) is 14.7. The fraction of sp³-hybridized carbons (Fsp3) is 0.812. The molecule has 4 atom stereocenters. The second-order valence-corrected chi connectivity index (χ2v) is 7.07. The van der Waals surface area contributed by atoms with Crippen molar-refractivity contribution in [2.45, 2.75) is 53.8 Å². The molecule has 19 heavy (non-hydrogen) atoms. The van der Waals surface area contributed by atoms with Crippen LogP contribution in [0.2, 0.25) is 0 Å². The summed E-state index contributed by atoms with van der Waals surface area (Å²) in [7, 11) is 0. The van der Waals surface area contributed by atoms with E-state index < -0.39 is 0 Å². The Morgan fingerprint density at radius 1 is 1.21 bits per heavy atom. The first kappa shape index (κ1) is 14.6. The van der Waals surface area contributed by atoms with E-state index in [1.54, 1.807) is 0 Å². The van der Waals surface area contributed by atoms with E-state index in [-0.39, 0.29) is 23.5 Å². The smallest absolute Gasteiger partial charge is 0.227 e. The molecule has 0 bridgehead atoms. The molecular weight excluding hydrogens is 238 g/mol. The number of ether oxygens (including phenoxy) is 1. The van der Waals surface area contributed by atoms with Crippen LogP contribution in [0.1, 0.15) is 41.5 Å². The summed E-state index contributed by atoms with van der Waals surface area (Å²) in [5.41, 5.74) is 1.41. The molecular formula is C16H27NO2. The molecule has 0 aromatic rings. The van der Waals surface area contributed by atoms with Gasteiger partial charge in [-0.3, -0.25) is 4.79 Å². The van der Waals surface area contributed by atoms with E-state index in [0.717, 1.165) is 13.1 Å². The zero-order chi connectivity index (χ0) is 14.4. The van der Waals surface area contributed by atoms with Crippen LogP contribution in [0.15, 0.2) is 11.6 Å². The molecule has 1 saturated carbocycles. The van der Waals surface area contributed by atoms with Gasteiger partial charge in [-0.25, -0.2) is 0 Å². The van der Waals surface area contributed by atoms with Gasteiger partial charge in [-0.2, -0.15) is 0 Å². The average Bonchev–Trinajstić information content (AvgIpc) is 2.77. The Balaban J connectivity index is 2.07. The van der Waals surface area contributed by atoms with Crippen molar-refractivity contribution in [1.29, 1.82) is 0 Å². The Kier molecular flexibility index (Phi) is 3.78. The molecule has 1 saturated heterocycles. The number of hydrogen-bond donors (Lipinski definition) is 0. The highest BCUT2D eigenvalue weighted by Crippen LogP contribution is 2.60. The highest BCUT2D eigenvalue weighted by Gasteiger charge is 2.61. The number of nitrogens with zero attached hydrogens (tertiary/aromatic N) is 1. The first-order valence-corrected chi connectivity index (χ1v) is 7.32. The van der Waals surface area contributed by atoms with Gasteiger partial charge >= 0.3 is 0 Å². The van der Waals surface area contributed by atoms with Gasteiger partial charge in [0, 0.05) is 13.1 Å². The molecule has 0 unspecified atom stereocenters. The van der Waals surface area contributed by atoms with Crippen LogP contribution >= 0.6 is 0 Å². The minimum absolute atomic E-state index is 0.110. The van der Waals surface area contributed by atoms with Crippen molar-refractivity contribution >= 4 is 5.91 Å². The van der Waals surface area contributed by atoms with Crippen LogP contribution in [0, 0.1) is 17.3 Å². The SMILES string of the molecule is CC(C)=C[C@@H]1[C@H](C(=O)N2C[C@H](C)O[C@@H](C)C2)C1(C)C. The van der Waals surface area contributed by atoms with E-state index in [4.69, 9.17) is 4.74 Å². The van der Waals surface area contributed by atoms with E-state index in [1.807, 2.05) is 18.7 Å². The van der Waals surface area contributed by atoms with Gasteiger partial charge in [-0.1, -0.05) is 25.5 Å². The molecule has 3 heteroatoms. The van der Waals surface area contributed by atoms with E-state index in [2.05, 4.69) is 33.8 Å². The molecule has 1 aliphatic carbocycles. The molecule has 1 aliphatic heterocycles. The third-order valence-corrected chi connectivity index (χ3v) is 4.42. The van der Waals surface area contributed by atoms with Gasteiger partial charge in [0.05, 0.1) is 18.1 Å². The van der Waals surface area contributed by atoms with Crippen molar-refractivity contribution in [3.05, 3.63) is 11.6 Å². The maximum atomic E-state index is 12.7. The van der Waals surface area contributed by atoms with Crippen LogP contribution in [0.5, 0.6) is 0 Å². The normalized spacial score (nSPS) is 36.8. The number of morpholine rings is 1. The van der Waals surface area contributed by atoms with Crippen molar-refractivity contribution in [2.75, 3.05) is 13.1 Å². The maximum Gasteiger partial charge on any atom is 0.227 e. The lowest BCUT2D eigenvalue weighted by atomic mass is 10.1. The van der Waals surface area contributed by atoms with Crippen molar-refractivity contribution < 1.29 is 9.53 Å². The summed E-state index contributed by atoms with van der Waals surface area (Å²) < 4.78 is 5.70. The number of carbonyl (C=O) groups excluding carboxylic acids is 1. The Hall–Kier alpha value is -0.830. The molecule has 0 aromatic heterocycles. The molecule has 2 fully saturated rings. The first-order chi connectivity index (χ1) is 8.73. The lowest BCUT2D eigenvalue weighted by molar-refractivity contribution is -0.145. The molecule has 0 radical (unpaired) electrons. The predicted molar refractivity (Wildman–Crippen MR) is 76.8 cm³/mol. The molecule has 108 valence electrons. The number of rotatable bonds is 2. The fourth-order valence-corrected chi connectivity index (χ4v) is 3.37. The van der Waals surface area contributed by atoms with E-state index in [0.29, 0.717) is 11.8 Å². The van der Waals surface area contributed by atoms with Gasteiger partial charge in [0.2, 0.25) is 5.91 Å². The number of amides is 1. The monoisotopic (exact) mass is 265 g/mol. The molecule has 0 spiro atoms. The molecule has 2 aliphatic rings. The van der Waals surface area contributed by atoms with Gasteiger partial charge in [0.15, 0.2) is 0 Å². The standard InChI is InChI=1S/C16H27NO2/c1-10(2)7-13-14(16(13,5)6)15(18)17-8-11(3)19-12(4)9-17/h7,11-14H,8-9H2,1-6H3/t11-,12-,13+,14+/m0/s1. The second-order valence-electron chi connectivity index (χ2n) is 7.07. The Morgan fingerprint density at radius 2 is 1.74 bits per heavy atom. The van der Waals surface area contributed by atoms with Crippen LogP contribution in [-0.4, -0.2) is 36.1 Å². The minimum Gasteiger partial charge on any atom is -0.372 e. The molecule has 0 aromatic carbocycles. The van der Waals surface area contributed by atoms with Gasteiger partial charge < -0.3 is 9.64 Å². The van der Waals surface area contributed by atoms with Crippen molar-refractivity contribution in [1.82, 2.24) is 4.90 Å². The van der Waals surface area contributed by atoms with Gasteiger partial charge in [-0.15, -0.1) is 0 Å². The second kappa shape index (κ2) is 4.93. The maximum absolute atomic E-state index is 12.7. The van der Waals surface area contributed by atoms with Crippen molar-refractivity contribution in [3.8, 4) is 0 Å². The molecule has 0 N–H and O–H groups in total. The largest absolute Gasteiger partial charge is 0.372 e. The lowest BCUT2D eigenvalue weighted by Crippen LogP contribution is -2.49. The zero-order valence-corrected chi connectivity index (χ0v) is 13.1. The average molecular weight is 265 g/mol. The van der Waals surface area contributed by atoms with Crippen LogP contribution in [-0.2, 0) is 9.53 Å². The third-order valence-electron chi connectivity index (χ3n) is 4.42. The molecule has 2 rings (SSSR count). The van der Waals surface area contributed by atoms with Crippen molar-refractivity contribution in [3.63, 3.8) is 0 Å². The van der Waals surface area contributed by atoms with E-state index in [9.17, 15) is 4.79 Å². The third kappa shape index (κ3) is 2.86. The van der Waals surface area contributed by atoms with Gasteiger partial charge in [0.25, 0.3) is 0 Å². The molecule has 1 heterocycles. The first-order valence-electron chi connectivity index (χ1n) is 7.32. The van der Waals surface area contributed by atoms with Crippen LogP contribution in [0.3, 0.4) is 0 Å². The van der Waals surface area contributed by atoms with Crippen LogP contribution in [0.25, 0.3) is 0 Å². The van der Waals surface area contributed by atoms with Gasteiger partial charge in [0.1, 0.15) is 0 Å². The molecule has 1 amide bonds. The summed E-state index contributed by atoms with van der Waals surface area (Å²) in [6.45, 7) is 14.2.